The Morgan fingerprint density at radius 1 is 1.38 bits per heavy atom. The van der Waals surface area contributed by atoms with E-state index >= 15 is 0 Å². The maximum absolute atomic E-state index is 13.9. The quantitative estimate of drug-likeness (QED) is 0.848. The topological polar surface area (TPSA) is 50.4 Å². The number of methoxy groups -OCH3 is 1. The fraction of sp³-hybridized carbons (Fsp3) is 0.562. The predicted octanol–water partition coefficient (Wildman–Crippen LogP) is 2.79. The van der Waals surface area contributed by atoms with Crippen LogP contribution in [-0.4, -0.2) is 25.1 Å². The van der Waals surface area contributed by atoms with Crippen molar-refractivity contribution in [3.8, 4) is 5.75 Å². The standard InChI is InChI=1S/C16H25FN2O2/c1-11(15-12(17)7-6-8-13(15)21-5)18-10-9-14(20)19-16(2,3)4/h6-8,11,18H,9-10H2,1-5H3,(H,19,20). The van der Waals surface area contributed by atoms with Crippen molar-refractivity contribution in [1.29, 1.82) is 0 Å². The number of carbonyl (C=O) groups is 1. The van der Waals surface area contributed by atoms with Gasteiger partial charge >= 0.3 is 0 Å². The maximum Gasteiger partial charge on any atom is 0.221 e. The monoisotopic (exact) mass is 296 g/mol. The number of ether oxygens (including phenoxy) is 1. The van der Waals surface area contributed by atoms with Crippen LogP contribution in [0.2, 0.25) is 0 Å². The molecular formula is C16H25FN2O2. The highest BCUT2D eigenvalue weighted by Gasteiger charge is 2.17. The minimum absolute atomic E-state index is 0.0253. The number of amides is 1. The van der Waals surface area contributed by atoms with Gasteiger partial charge in [0.1, 0.15) is 11.6 Å². The molecule has 0 saturated carbocycles. The number of hydrogen-bond donors (Lipinski definition) is 2. The van der Waals surface area contributed by atoms with Gasteiger partial charge in [0.15, 0.2) is 0 Å². The molecule has 0 aliphatic carbocycles. The molecule has 1 aromatic rings. The smallest absolute Gasteiger partial charge is 0.221 e. The molecule has 1 rings (SSSR count). The largest absolute Gasteiger partial charge is 0.496 e. The molecule has 0 radical (unpaired) electrons. The summed E-state index contributed by atoms with van der Waals surface area (Å²) in [6, 6.07) is 4.51. The summed E-state index contributed by atoms with van der Waals surface area (Å²) in [5, 5.41) is 6.04. The van der Waals surface area contributed by atoms with Gasteiger partial charge < -0.3 is 15.4 Å². The minimum atomic E-state index is -0.312. The molecule has 0 aromatic heterocycles. The Kier molecular flexibility index (Phi) is 6.15. The molecule has 4 nitrogen and oxygen atoms in total. The van der Waals surface area contributed by atoms with E-state index < -0.39 is 0 Å². The number of hydrogen-bond acceptors (Lipinski definition) is 3. The van der Waals surface area contributed by atoms with Crippen molar-refractivity contribution in [2.45, 2.75) is 45.7 Å². The molecule has 1 unspecified atom stereocenters. The van der Waals surface area contributed by atoms with Gasteiger partial charge in [0.25, 0.3) is 0 Å². The van der Waals surface area contributed by atoms with Crippen LogP contribution >= 0.6 is 0 Å². The molecule has 118 valence electrons. The molecular weight excluding hydrogens is 271 g/mol. The fourth-order valence-corrected chi connectivity index (χ4v) is 2.10. The van der Waals surface area contributed by atoms with Crippen LogP contribution in [0.4, 0.5) is 4.39 Å². The summed E-state index contributed by atoms with van der Waals surface area (Å²) in [4.78, 5) is 11.7. The van der Waals surface area contributed by atoms with Crippen LogP contribution in [0.3, 0.4) is 0 Å². The third kappa shape index (κ3) is 5.71. The zero-order valence-corrected chi connectivity index (χ0v) is 13.4. The molecule has 0 heterocycles. The maximum atomic E-state index is 13.9. The van der Waals surface area contributed by atoms with E-state index in [-0.39, 0.29) is 23.3 Å². The first-order chi connectivity index (χ1) is 9.74. The number of benzene rings is 1. The average molecular weight is 296 g/mol. The summed E-state index contributed by atoms with van der Waals surface area (Å²) >= 11 is 0. The molecule has 0 aliphatic rings. The Morgan fingerprint density at radius 2 is 2.05 bits per heavy atom. The first-order valence-electron chi connectivity index (χ1n) is 7.11. The van der Waals surface area contributed by atoms with Crippen LogP contribution < -0.4 is 15.4 Å². The lowest BCUT2D eigenvalue weighted by Gasteiger charge is -2.21. The molecule has 21 heavy (non-hydrogen) atoms. The van der Waals surface area contributed by atoms with Gasteiger partial charge in [-0.2, -0.15) is 0 Å². The highest BCUT2D eigenvalue weighted by Crippen LogP contribution is 2.27. The van der Waals surface area contributed by atoms with Crippen molar-refractivity contribution >= 4 is 5.91 Å². The Bertz CT molecular complexity index is 484. The lowest BCUT2D eigenvalue weighted by atomic mass is 10.1. The molecule has 2 N–H and O–H groups in total. The van der Waals surface area contributed by atoms with Crippen molar-refractivity contribution in [1.82, 2.24) is 10.6 Å². The van der Waals surface area contributed by atoms with Crippen LogP contribution in [-0.2, 0) is 4.79 Å². The molecule has 1 amide bonds. The van der Waals surface area contributed by atoms with Crippen molar-refractivity contribution in [2.75, 3.05) is 13.7 Å². The third-order valence-electron chi connectivity index (χ3n) is 2.98. The first-order valence-corrected chi connectivity index (χ1v) is 7.11. The van der Waals surface area contributed by atoms with Gasteiger partial charge in [0.05, 0.1) is 7.11 Å². The molecule has 5 heteroatoms. The zero-order chi connectivity index (χ0) is 16.0. The summed E-state index contributed by atoms with van der Waals surface area (Å²) in [7, 11) is 1.52. The summed E-state index contributed by atoms with van der Waals surface area (Å²) in [6.45, 7) is 8.13. The molecule has 0 saturated heterocycles. The third-order valence-corrected chi connectivity index (χ3v) is 2.98. The second-order valence-electron chi connectivity index (χ2n) is 6.08. The van der Waals surface area contributed by atoms with Gasteiger partial charge in [-0.05, 0) is 39.8 Å². The summed E-state index contributed by atoms with van der Waals surface area (Å²) in [5.74, 6) is 0.172. The van der Waals surface area contributed by atoms with Crippen molar-refractivity contribution in [3.05, 3.63) is 29.6 Å². The highest BCUT2D eigenvalue weighted by molar-refractivity contribution is 5.76. The van der Waals surface area contributed by atoms with Gasteiger partial charge in [-0.15, -0.1) is 0 Å². The normalized spacial score (nSPS) is 12.9. The van der Waals surface area contributed by atoms with Crippen molar-refractivity contribution in [2.24, 2.45) is 0 Å². The van der Waals surface area contributed by atoms with Crippen molar-refractivity contribution < 1.29 is 13.9 Å². The molecule has 0 fully saturated rings. The van der Waals surface area contributed by atoms with E-state index in [1.54, 1.807) is 12.1 Å². The minimum Gasteiger partial charge on any atom is -0.496 e. The Hall–Kier alpha value is -1.62. The Balaban J connectivity index is 2.55. The van der Waals surface area contributed by atoms with Crippen LogP contribution in [0.25, 0.3) is 0 Å². The van der Waals surface area contributed by atoms with Gasteiger partial charge in [-0.1, -0.05) is 6.07 Å². The van der Waals surface area contributed by atoms with Gasteiger partial charge in [0, 0.05) is 30.1 Å². The van der Waals surface area contributed by atoms with Crippen LogP contribution in [0.15, 0.2) is 18.2 Å². The summed E-state index contributed by atoms with van der Waals surface area (Å²) in [5.41, 5.74) is 0.244. The number of nitrogens with one attached hydrogen (secondary N) is 2. The van der Waals surface area contributed by atoms with Gasteiger partial charge in [0.2, 0.25) is 5.91 Å². The van der Waals surface area contributed by atoms with Gasteiger partial charge in [-0.3, -0.25) is 4.79 Å². The predicted molar refractivity (Wildman–Crippen MR) is 81.9 cm³/mol. The van der Waals surface area contributed by atoms with Crippen molar-refractivity contribution in [3.63, 3.8) is 0 Å². The number of halogens is 1. The summed E-state index contributed by atoms with van der Waals surface area (Å²) < 4.78 is 19.1. The van der Waals surface area contributed by atoms with Crippen LogP contribution in [0.1, 0.15) is 45.7 Å². The van der Waals surface area contributed by atoms with E-state index in [0.29, 0.717) is 24.3 Å². The lowest BCUT2D eigenvalue weighted by Crippen LogP contribution is -2.41. The SMILES string of the molecule is COc1cccc(F)c1C(C)NCCC(=O)NC(C)(C)C. The van der Waals surface area contributed by atoms with E-state index in [2.05, 4.69) is 10.6 Å². The van der Waals surface area contributed by atoms with E-state index in [4.69, 9.17) is 4.74 Å². The fourth-order valence-electron chi connectivity index (χ4n) is 2.10. The highest BCUT2D eigenvalue weighted by atomic mass is 19.1. The second-order valence-corrected chi connectivity index (χ2v) is 6.08. The van der Waals surface area contributed by atoms with Crippen LogP contribution in [0, 0.1) is 5.82 Å². The number of carbonyl (C=O) groups excluding carboxylic acids is 1. The molecule has 0 aliphatic heterocycles. The first kappa shape index (κ1) is 17.4. The van der Waals surface area contributed by atoms with E-state index in [9.17, 15) is 9.18 Å². The Labute approximate surface area is 126 Å². The van der Waals surface area contributed by atoms with Crippen LogP contribution in [0.5, 0.6) is 5.75 Å². The molecule has 1 atom stereocenters. The van der Waals surface area contributed by atoms with E-state index in [1.807, 2.05) is 27.7 Å². The van der Waals surface area contributed by atoms with E-state index in [0.717, 1.165) is 0 Å². The Morgan fingerprint density at radius 3 is 2.62 bits per heavy atom. The summed E-state index contributed by atoms with van der Waals surface area (Å²) in [6.07, 6.45) is 0.346. The molecule has 0 spiro atoms. The molecule has 1 aromatic carbocycles. The van der Waals surface area contributed by atoms with E-state index in [1.165, 1.54) is 13.2 Å². The van der Waals surface area contributed by atoms with Gasteiger partial charge in [-0.25, -0.2) is 4.39 Å². The zero-order valence-electron chi connectivity index (χ0n) is 13.4. The molecule has 0 bridgehead atoms. The lowest BCUT2D eigenvalue weighted by molar-refractivity contribution is -0.122. The number of rotatable bonds is 6. The average Bonchev–Trinajstić information content (AvgIpc) is 2.35. The second kappa shape index (κ2) is 7.41.